The van der Waals surface area contributed by atoms with E-state index < -0.39 is 18.0 Å². The third-order valence-corrected chi connectivity index (χ3v) is 3.06. The Morgan fingerprint density at radius 1 is 1.44 bits per heavy atom. The van der Waals surface area contributed by atoms with Gasteiger partial charge in [0.25, 0.3) is 0 Å². The van der Waals surface area contributed by atoms with Gasteiger partial charge in [0.1, 0.15) is 6.04 Å². The van der Waals surface area contributed by atoms with Crippen LogP contribution in [0.15, 0.2) is 29.2 Å². The van der Waals surface area contributed by atoms with Crippen LogP contribution in [0.1, 0.15) is 13.3 Å². The number of carboxylic acids is 1. The number of carbonyl (C=O) groups excluding carboxylic acids is 1. The fourth-order valence-electron chi connectivity index (χ4n) is 1.36. The molecule has 0 saturated carbocycles. The lowest BCUT2D eigenvalue weighted by molar-refractivity contribution is -0.139. The van der Waals surface area contributed by atoms with Gasteiger partial charge in [-0.3, -0.25) is 0 Å². The minimum Gasteiger partial charge on any atom is -0.480 e. The molecular formula is C12H16N2O3S. The second kappa shape index (κ2) is 6.90. The highest BCUT2D eigenvalue weighted by atomic mass is 32.2. The van der Waals surface area contributed by atoms with Gasteiger partial charge in [-0.15, -0.1) is 11.8 Å². The molecule has 0 saturated heterocycles. The predicted octanol–water partition coefficient (Wildman–Crippen LogP) is 2.39. The molecule has 0 unspecified atom stereocenters. The number of thioether (sulfide) groups is 1. The van der Waals surface area contributed by atoms with Gasteiger partial charge in [-0.25, -0.2) is 9.59 Å². The van der Waals surface area contributed by atoms with E-state index in [0.29, 0.717) is 12.1 Å². The van der Waals surface area contributed by atoms with Crippen molar-refractivity contribution in [2.24, 2.45) is 0 Å². The first-order valence-electron chi connectivity index (χ1n) is 5.51. The van der Waals surface area contributed by atoms with E-state index in [9.17, 15) is 9.59 Å². The summed E-state index contributed by atoms with van der Waals surface area (Å²) in [4.78, 5) is 23.4. The number of anilines is 1. The van der Waals surface area contributed by atoms with Crippen LogP contribution < -0.4 is 10.6 Å². The molecule has 0 spiro atoms. The van der Waals surface area contributed by atoms with Crippen molar-refractivity contribution in [2.45, 2.75) is 24.3 Å². The van der Waals surface area contributed by atoms with Crippen molar-refractivity contribution >= 4 is 29.4 Å². The van der Waals surface area contributed by atoms with E-state index in [1.165, 1.54) is 0 Å². The van der Waals surface area contributed by atoms with E-state index in [-0.39, 0.29) is 0 Å². The smallest absolute Gasteiger partial charge is 0.326 e. The van der Waals surface area contributed by atoms with Crippen LogP contribution in [-0.4, -0.2) is 29.4 Å². The normalized spacial score (nSPS) is 11.7. The Kier molecular flexibility index (Phi) is 5.51. The largest absolute Gasteiger partial charge is 0.480 e. The van der Waals surface area contributed by atoms with Crippen LogP contribution in [0.4, 0.5) is 10.5 Å². The van der Waals surface area contributed by atoms with Gasteiger partial charge in [-0.1, -0.05) is 13.0 Å². The molecule has 3 N–H and O–H groups in total. The lowest BCUT2D eigenvalue weighted by Crippen LogP contribution is -2.42. The van der Waals surface area contributed by atoms with Gasteiger partial charge in [0.2, 0.25) is 0 Å². The Hall–Kier alpha value is -1.69. The summed E-state index contributed by atoms with van der Waals surface area (Å²) in [5, 5.41) is 13.8. The number of hydrogen-bond acceptors (Lipinski definition) is 3. The summed E-state index contributed by atoms with van der Waals surface area (Å²) >= 11 is 1.57. The van der Waals surface area contributed by atoms with Crippen molar-refractivity contribution < 1.29 is 14.7 Å². The average molecular weight is 268 g/mol. The number of nitrogens with one attached hydrogen (secondary N) is 2. The van der Waals surface area contributed by atoms with Crippen molar-refractivity contribution in [3.63, 3.8) is 0 Å². The van der Waals surface area contributed by atoms with Crippen LogP contribution in [0.5, 0.6) is 0 Å². The van der Waals surface area contributed by atoms with E-state index in [2.05, 4.69) is 10.6 Å². The van der Waals surface area contributed by atoms with E-state index in [1.807, 2.05) is 24.5 Å². The SMILES string of the molecule is CC[C@@H](NC(=O)Nc1cccc(SC)c1)C(=O)O. The molecule has 0 bridgehead atoms. The van der Waals surface area contributed by atoms with Crippen molar-refractivity contribution in [2.75, 3.05) is 11.6 Å². The molecule has 5 nitrogen and oxygen atoms in total. The van der Waals surface area contributed by atoms with Crippen LogP contribution in [-0.2, 0) is 4.79 Å². The minimum absolute atomic E-state index is 0.341. The minimum atomic E-state index is -1.04. The Labute approximate surface area is 110 Å². The van der Waals surface area contributed by atoms with Crippen LogP contribution >= 0.6 is 11.8 Å². The van der Waals surface area contributed by atoms with Crippen molar-refractivity contribution in [1.82, 2.24) is 5.32 Å². The molecule has 0 fully saturated rings. The Balaban J connectivity index is 2.61. The second-order valence-corrected chi connectivity index (χ2v) is 4.51. The van der Waals surface area contributed by atoms with Gasteiger partial charge in [0, 0.05) is 10.6 Å². The number of aliphatic carboxylic acids is 1. The summed E-state index contributed by atoms with van der Waals surface area (Å²) < 4.78 is 0. The van der Waals surface area contributed by atoms with Crippen molar-refractivity contribution in [1.29, 1.82) is 0 Å². The van der Waals surface area contributed by atoms with Crippen LogP contribution in [0.25, 0.3) is 0 Å². The van der Waals surface area contributed by atoms with Crippen LogP contribution in [0, 0.1) is 0 Å². The third-order valence-electron chi connectivity index (χ3n) is 2.34. The Morgan fingerprint density at radius 2 is 2.17 bits per heavy atom. The molecule has 0 radical (unpaired) electrons. The van der Waals surface area contributed by atoms with E-state index in [1.54, 1.807) is 24.8 Å². The van der Waals surface area contributed by atoms with E-state index in [4.69, 9.17) is 5.11 Å². The number of hydrogen-bond donors (Lipinski definition) is 3. The quantitative estimate of drug-likeness (QED) is 0.716. The zero-order valence-corrected chi connectivity index (χ0v) is 11.1. The lowest BCUT2D eigenvalue weighted by atomic mass is 10.2. The molecular weight excluding hydrogens is 252 g/mol. The maximum atomic E-state index is 11.6. The molecule has 98 valence electrons. The molecule has 1 rings (SSSR count). The summed E-state index contributed by atoms with van der Waals surface area (Å²) in [6.45, 7) is 1.70. The number of benzene rings is 1. The summed E-state index contributed by atoms with van der Waals surface area (Å²) in [5.41, 5.74) is 0.639. The van der Waals surface area contributed by atoms with Crippen molar-refractivity contribution in [3.8, 4) is 0 Å². The molecule has 1 aromatic rings. The molecule has 0 heterocycles. The van der Waals surface area contributed by atoms with Crippen LogP contribution in [0.3, 0.4) is 0 Å². The molecule has 1 atom stereocenters. The number of carboxylic acid groups (broad SMARTS) is 1. The van der Waals surface area contributed by atoms with Crippen LogP contribution in [0.2, 0.25) is 0 Å². The number of carbonyl (C=O) groups is 2. The molecule has 18 heavy (non-hydrogen) atoms. The zero-order chi connectivity index (χ0) is 13.5. The first kappa shape index (κ1) is 14.4. The molecule has 0 aromatic heterocycles. The van der Waals surface area contributed by atoms with E-state index in [0.717, 1.165) is 4.90 Å². The van der Waals surface area contributed by atoms with Gasteiger partial charge in [0.15, 0.2) is 0 Å². The lowest BCUT2D eigenvalue weighted by Gasteiger charge is -2.13. The molecule has 0 aliphatic heterocycles. The summed E-state index contributed by atoms with van der Waals surface area (Å²) in [7, 11) is 0. The zero-order valence-electron chi connectivity index (χ0n) is 10.3. The molecule has 0 aliphatic rings. The maximum Gasteiger partial charge on any atom is 0.326 e. The third kappa shape index (κ3) is 4.29. The first-order chi connectivity index (χ1) is 8.56. The van der Waals surface area contributed by atoms with Gasteiger partial charge >= 0.3 is 12.0 Å². The fraction of sp³-hybridized carbons (Fsp3) is 0.333. The fourth-order valence-corrected chi connectivity index (χ4v) is 1.82. The highest BCUT2D eigenvalue weighted by molar-refractivity contribution is 7.98. The predicted molar refractivity (Wildman–Crippen MR) is 72.1 cm³/mol. The van der Waals surface area contributed by atoms with E-state index >= 15 is 0 Å². The van der Waals surface area contributed by atoms with Gasteiger partial charge in [-0.05, 0) is 30.9 Å². The first-order valence-corrected chi connectivity index (χ1v) is 6.73. The topological polar surface area (TPSA) is 78.4 Å². The Morgan fingerprint density at radius 3 is 2.72 bits per heavy atom. The number of urea groups is 1. The maximum absolute atomic E-state index is 11.6. The molecule has 2 amide bonds. The second-order valence-electron chi connectivity index (χ2n) is 3.63. The number of amides is 2. The van der Waals surface area contributed by atoms with Crippen molar-refractivity contribution in [3.05, 3.63) is 24.3 Å². The highest BCUT2D eigenvalue weighted by Gasteiger charge is 2.17. The highest BCUT2D eigenvalue weighted by Crippen LogP contribution is 2.18. The average Bonchev–Trinajstić information content (AvgIpc) is 2.35. The molecule has 1 aromatic carbocycles. The molecule has 6 heteroatoms. The summed E-state index contributed by atoms with van der Waals surface area (Å²) in [5.74, 6) is -1.04. The van der Waals surface area contributed by atoms with Gasteiger partial charge in [-0.2, -0.15) is 0 Å². The monoisotopic (exact) mass is 268 g/mol. The number of rotatable bonds is 5. The van der Waals surface area contributed by atoms with Gasteiger partial charge in [0.05, 0.1) is 0 Å². The molecule has 0 aliphatic carbocycles. The van der Waals surface area contributed by atoms with Gasteiger partial charge < -0.3 is 15.7 Å². The summed E-state index contributed by atoms with van der Waals surface area (Å²) in [6, 6.07) is 5.96. The summed E-state index contributed by atoms with van der Waals surface area (Å²) in [6.07, 6.45) is 2.28. The Bertz CT molecular complexity index is 437. The standard InChI is InChI=1S/C12H16N2O3S/c1-3-10(11(15)16)14-12(17)13-8-5-4-6-9(7-8)18-2/h4-7,10H,3H2,1-2H3,(H,15,16)(H2,13,14,17)/t10-/m1/s1.